The molecule has 5 nitrogen and oxygen atoms in total. The Hall–Kier alpha value is -1.46. The summed E-state index contributed by atoms with van der Waals surface area (Å²) in [6.07, 6.45) is 5.53. The summed E-state index contributed by atoms with van der Waals surface area (Å²) in [7, 11) is 0. The molecule has 1 fully saturated rings. The highest BCUT2D eigenvalue weighted by Gasteiger charge is 2.32. The van der Waals surface area contributed by atoms with E-state index in [1.54, 1.807) is 12.4 Å². The number of rotatable bonds is 7. The molecule has 2 heterocycles. The molecule has 2 rings (SSSR count). The fraction of sp³-hybridized carbons (Fsp3) is 0.625. The maximum Gasteiger partial charge on any atom is 0.220 e. The van der Waals surface area contributed by atoms with E-state index in [0.717, 1.165) is 18.4 Å². The predicted molar refractivity (Wildman–Crippen MR) is 79.7 cm³/mol. The van der Waals surface area contributed by atoms with Crippen molar-refractivity contribution in [3.63, 3.8) is 0 Å². The minimum Gasteiger partial charge on any atom is -0.356 e. The van der Waals surface area contributed by atoms with Crippen molar-refractivity contribution in [3.8, 4) is 0 Å². The Morgan fingerprint density at radius 3 is 2.90 bits per heavy atom. The van der Waals surface area contributed by atoms with Crippen LogP contribution in [0.5, 0.6) is 0 Å². The topological polar surface area (TPSA) is 60.5 Å². The van der Waals surface area contributed by atoms with E-state index in [2.05, 4.69) is 17.2 Å². The molecule has 0 saturated carbocycles. The van der Waals surface area contributed by atoms with Gasteiger partial charge in [0.1, 0.15) is 0 Å². The van der Waals surface area contributed by atoms with Crippen LogP contribution in [0.2, 0.25) is 0 Å². The predicted octanol–water partition coefficient (Wildman–Crippen LogP) is 1.92. The summed E-state index contributed by atoms with van der Waals surface area (Å²) in [4.78, 5) is 15.9. The summed E-state index contributed by atoms with van der Waals surface area (Å²) in [5.41, 5.74) is 1.08. The van der Waals surface area contributed by atoms with Gasteiger partial charge in [0.2, 0.25) is 5.91 Å². The Kier molecular flexibility index (Phi) is 5.70. The molecule has 1 amide bonds. The lowest BCUT2D eigenvalue weighted by molar-refractivity contribution is -0.154. The number of nitrogens with zero attached hydrogens (tertiary/aromatic N) is 1. The lowest BCUT2D eigenvalue weighted by Crippen LogP contribution is -2.34. The van der Waals surface area contributed by atoms with Crippen LogP contribution in [-0.4, -0.2) is 36.4 Å². The van der Waals surface area contributed by atoms with Crippen molar-refractivity contribution in [2.24, 2.45) is 5.92 Å². The van der Waals surface area contributed by atoms with Gasteiger partial charge in [-0.1, -0.05) is 13.0 Å². The molecule has 1 aromatic heterocycles. The van der Waals surface area contributed by atoms with Gasteiger partial charge in [-0.15, -0.1) is 0 Å². The summed E-state index contributed by atoms with van der Waals surface area (Å²) in [5.74, 6) is -0.0978. The smallest absolute Gasteiger partial charge is 0.220 e. The number of pyridine rings is 1. The summed E-state index contributed by atoms with van der Waals surface area (Å²) < 4.78 is 11.2. The molecule has 1 saturated heterocycles. The van der Waals surface area contributed by atoms with Gasteiger partial charge in [0, 0.05) is 31.8 Å². The van der Waals surface area contributed by atoms with Gasteiger partial charge in [0.25, 0.3) is 0 Å². The van der Waals surface area contributed by atoms with Gasteiger partial charge in [-0.05, 0) is 30.9 Å². The molecule has 1 N–H and O–H groups in total. The first-order chi connectivity index (χ1) is 10.1. The van der Waals surface area contributed by atoms with Gasteiger partial charge < -0.3 is 14.8 Å². The molecule has 0 bridgehead atoms. The van der Waals surface area contributed by atoms with Crippen molar-refractivity contribution in [3.05, 3.63) is 30.1 Å². The van der Waals surface area contributed by atoms with Crippen LogP contribution in [0.1, 0.15) is 32.3 Å². The number of amides is 1. The number of nitrogens with one attached hydrogen (secondary N) is 1. The van der Waals surface area contributed by atoms with E-state index in [1.165, 1.54) is 0 Å². The molecule has 0 aliphatic carbocycles. The first kappa shape index (κ1) is 15.9. The Morgan fingerprint density at radius 1 is 1.48 bits per heavy atom. The highest BCUT2D eigenvalue weighted by molar-refractivity contribution is 5.76. The maximum absolute atomic E-state index is 11.8. The number of carbonyl (C=O) groups is 1. The first-order valence-electron chi connectivity index (χ1n) is 7.51. The number of aryl methyl sites for hydroxylation is 1. The van der Waals surface area contributed by atoms with Crippen LogP contribution in [0.3, 0.4) is 0 Å². The minimum atomic E-state index is -0.486. The van der Waals surface area contributed by atoms with Crippen molar-refractivity contribution in [1.29, 1.82) is 0 Å². The van der Waals surface area contributed by atoms with E-state index in [0.29, 0.717) is 32.1 Å². The van der Waals surface area contributed by atoms with Crippen molar-refractivity contribution in [2.45, 2.75) is 38.9 Å². The van der Waals surface area contributed by atoms with E-state index < -0.39 is 5.79 Å². The van der Waals surface area contributed by atoms with E-state index in [-0.39, 0.29) is 5.91 Å². The second-order valence-corrected chi connectivity index (χ2v) is 5.81. The number of hydrogen-bond donors (Lipinski definition) is 1. The average molecular weight is 292 g/mol. The summed E-state index contributed by atoms with van der Waals surface area (Å²) in [6, 6.07) is 3.87. The molecule has 1 aliphatic rings. The highest BCUT2D eigenvalue weighted by atomic mass is 16.7. The van der Waals surface area contributed by atoms with E-state index in [1.807, 2.05) is 19.1 Å². The fourth-order valence-electron chi connectivity index (χ4n) is 2.56. The van der Waals surface area contributed by atoms with Crippen LogP contribution in [0.25, 0.3) is 0 Å². The monoisotopic (exact) mass is 292 g/mol. The molecule has 0 radical (unpaired) electrons. The van der Waals surface area contributed by atoms with Crippen LogP contribution in [0.15, 0.2) is 24.5 Å². The quantitative estimate of drug-likeness (QED) is 0.834. The van der Waals surface area contributed by atoms with Crippen LogP contribution < -0.4 is 5.32 Å². The zero-order valence-corrected chi connectivity index (χ0v) is 12.8. The lowest BCUT2D eigenvalue weighted by atomic mass is 10.0. The van der Waals surface area contributed by atoms with Gasteiger partial charge in [0.15, 0.2) is 5.79 Å². The van der Waals surface area contributed by atoms with Gasteiger partial charge in [-0.3, -0.25) is 9.78 Å². The Labute approximate surface area is 126 Å². The second kappa shape index (κ2) is 7.52. The Bertz CT molecular complexity index is 444. The van der Waals surface area contributed by atoms with Gasteiger partial charge in [0.05, 0.1) is 13.2 Å². The van der Waals surface area contributed by atoms with E-state index in [4.69, 9.17) is 9.47 Å². The van der Waals surface area contributed by atoms with Crippen LogP contribution in [-0.2, 0) is 20.7 Å². The number of ether oxygens (including phenoxy) is 2. The molecular weight excluding hydrogens is 268 g/mol. The van der Waals surface area contributed by atoms with Gasteiger partial charge >= 0.3 is 0 Å². The summed E-state index contributed by atoms with van der Waals surface area (Å²) in [5, 5.41) is 2.97. The minimum absolute atomic E-state index is 0.0733. The van der Waals surface area contributed by atoms with Crippen molar-refractivity contribution in [2.75, 3.05) is 19.8 Å². The standard InChI is InChI=1S/C16H24N2O3/c1-13(10-16(2)20-8-9-21-16)11-18-15(19)6-5-14-4-3-7-17-12-14/h3-4,7,12-13H,5-6,8-11H2,1-2H3,(H,18,19)/t13-/m1/s1. The molecule has 5 heteroatoms. The van der Waals surface area contributed by atoms with Crippen molar-refractivity contribution in [1.82, 2.24) is 10.3 Å². The third kappa shape index (κ3) is 5.44. The molecule has 116 valence electrons. The van der Waals surface area contributed by atoms with Crippen LogP contribution >= 0.6 is 0 Å². The number of hydrogen-bond acceptors (Lipinski definition) is 4. The molecule has 1 atom stereocenters. The maximum atomic E-state index is 11.8. The first-order valence-corrected chi connectivity index (χ1v) is 7.51. The highest BCUT2D eigenvalue weighted by Crippen LogP contribution is 2.26. The molecule has 0 aromatic carbocycles. The van der Waals surface area contributed by atoms with Gasteiger partial charge in [-0.2, -0.15) is 0 Å². The summed E-state index contributed by atoms with van der Waals surface area (Å²) in [6.45, 7) is 6.01. The fourth-order valence-corrected chi connectivity index (χ4v) is 2.56. The largest absolute Gasteiger partial charge is 0.356 e. The number of aromatic nitrogens is 1. The van der Waals surface area contributed by atoms with Crippen LogP contribution in [0, 0.1) is 5.92 Å². The molecular formula is C16H24N2O3. The van der Waals surface area contributed by atoms with Crippen LogP contribution in [0.4, 0.5) is 0 Å². The average Bonchev–Trinajstić information content (AvgIpc) is 2.90. The second-order valence-electron chi connectivity index (χ2n) is 5.81. The molecule has 0 spiro atoms. The zero-order valence-electron chi connectivity index (χ0n) is 12.8. The molecule has 0 unspecified atom stereocenters. The summed E-state index contributed by atoms with van der Waals surface area (Å²) >= 11 is 0. The van der Waals surface area contributed by atoms with E-state index in [9.17, 15) is 4.79 Å². The van der Waals surface area contributed by atoms with Crippen molar-refractivity contribution >= 4 is 5.91 Å². The SMILES string of the molecule is C[C@@H](CNC(=O)CCc1cccnc1)CC1(C)OCCO1. The Morgan fingerprint density at radius 2 is 2.24 bits per heavy atom. The molecule has 1 aromatic rings. The molecule has 21 heavy (non-hydrogen) atoms. The zero-order chi connectivity index (χ0) is 15.1. The third-order valence-electron chi connectivity index (χ3n) is 3.63. The van der Waals surface area contributed by atoms with E-state index >= 15 is 0 Å². The van der Waals surface area contributed by atoms with Crippen molar-refractivity contribution < 1.29 is 14.3 Å². The lowest BCUT2D eigenvalue weighted by Gasteiger charge is -2.26. The normalized spacial score (nSPS) is 18.4. The van der Waals surface area contributed by atoms with Gasteiger partial charge in [-0.25, -0.2) is 0 Å². The Balaban J connectivity index is 1.64. The third-order valence-corrected chi connectivity index (χ3v) is 3.63. The number of carbonyl (C=O) groups excluding carboxylic acids is 1. The molecule has 1 aliphatic heterocycles.